The maximum atomic E-state index is 13.4. The number of fused-ring (bicyclic) bond motifs is 1. The van der Waals surface area contributed by atoms with E-state index in [0.717, 1.165) is 13.0 Å². The maximum absolute atomic E-state index is 13.4. The molecule has 0 unspecified atom stereocenters. The summed E-state index contributed by atoms with van der Waals surface area (Å²) in [5, 5.41) is 7.67. The molecule has 7 nitrogen and oxygen atoms in total. The molecule has 3 aromatic carbocycles. The van der Waals surface area contributed by atoms with Crippen LogP contribution in [-0.4, -0.2) is 44.6 Å². The largest absolute Gasteiger partial charge is 0.466 e. The van der Waals surface area contributed by atoms with Crippen molar-refractivity contribution in [2.75, 3.05) is 20.7 Å². The molecule has 0 spiro atoms. The van der Waals surface area contributed by atoms with Crippen molar-refractivity contribution >= 4 is 34.7 Å². The minimum absolute atomic E-state index is 0.0227. The molecule has 0 aliphatic rings. The predicted molar refractivity (Wildman–Crippen MR) is 159 cm³/mol. The van der Waals surface area contributed by atoms with E-state index >= 15 is 0 Å². The molecule has 0 radical (unpaired) electrons. The summed E-state index contributed by atoms with van der Waals surface area (Å²) in [4.78, 5) is 42.3. The van der Waals surface area contributed by atoms with Crippen molar-refractivity contribution in [2.24, 2.45) is 0 Å². The van der Waals surface area contributed by atoms with Crippen LogP contribution in [0.4, 0.5) is 8.78 Å². The molecular formula is C32H40F2N2O5. The molecule has 2 N–H and O–H groups in total. The van der Waals surface area contributed by atoms with Gasteiger partial charge in [0.25, 0.3) is 5.91 Å². The lowest BCUT2D eigenvalue weighted by atomic mass is 9.96. The van der Waals surface area contributed by atoms with Gasteiger partial charge in [-0.3, -0.25) is 14.4 Å². The molecule has 9 heteroatoms. The van der Waals surface area contributed by atoms with Crippen molar-refractivity contribution in [2.45, 2.75) is 47.1 Å². The van der Waals surface area contributed by atoms with E-state index in [4.69, 9.17) is 0 Å². The van der Waals surface area contributed by atoms with E-state index < -0.39 is 23.3 Å². The molecule has 0 aromatic heterocycles. The van der Waals surface area contributed by atoms with E-state index in [1.54, 1.807) is 6.08 Å². The van der Waals surface area contributed by atoms with Crippen molar-refractivity contribution in [3.8, 4) is 0 Å². The number of benzene rings is 3. The monoisotopic (exact) mass is 570 g/mol. The number of likely N-dealkylation sites (N-methyl/N-ethyl adjacent to an activating group) is 1. The first-order valence-corrected chi connectivity index (χ1v) is 13.1. The number of nitrogens with one attached hydrogen (secondary N) is 2. The van der Waals surface area contributed by atoms with Gasteiger partial charge in [-0.15, -0.1) is 0 Å². The number of carbonyl (C=O) groups is 4. The van der Waals surface area contributed by atoms with Gasteiger partial charge in [0.15, 0.2) is 5.78 Å². The Balaban J connectivity index is 0.000000594. The molecule has 0 saturated carbocycles. The summed E-state index contributed by atoms with van der Waals surface area (Å²) in [6, 6.07) is 16.6. The van der Waals surface area contributed by atoms with E-state index in [1.807, 2.05) is 20.9 Å². The van der Waals surface area contributed by atoms with Gasteiger partial charge in [-0.1, -0.05) is 76.2 Å². The van der Waals surface area contributed by atoms with Crippen LogP contribution in [0.3, 0.4) is 0 Å². The first-order valence-electron chi connectivity index (χ1n) is 13.1. The fourth-order valence-corrected chi connectivity index (χ4v) is 3.41. The van der Waals surface area contributed by atoms with Gasteiger partial charge in [0.05, 0.1) is 7.11 Å². The Kier molecular flexibility index (Phi) is 18.5. The van der Waals surface area contributed by atoms with Gasteiger partial charge in [0.2, 0.25) is 6.29 Å². The zero-order valence-corrected chi connectivity index (χ0v) is 24.7. The number of hydrogen-bond donors (Lipinski definition) is 2. The molecule has 0 aliphatic heterocycles. The summed E-state index contributed by atoms with van der Waals surface area (Å²) >= 11 is 0. The Morgan fingerprint density at radius 2 is 1.63 bits per heavy atom. The number of carbonyl (C=O) groups excluding carboxylic acids is 4. The van der Waals surface area contributed by atoms with Crippen LogP contribution in [0.2, 0.25) is 0 Å². The predicted octanol–water partition coefficient (Wildman–Crippen LogP) is 5.91. The molecule has 222 valence electrons. The summed E-state index contributed by atoms with van der Waals surface area (Å²) in [6.07, 6.45) is 3.11. The lowest BCUT2D eigenvalue weighted by molar-refractivity contribution is -0.134. The maximum Gasteiger partial charge on any atom is 0.330 e. The molecule has 3 rings (SSSR count). The van der Waals surface area contributed by atoms with Crippen molar-refractivity contribution in [1.82, 2.24) is 10.6 Å². The number of Topliss-reactive ketones (excluding diaryl/α,β-unsaturated/α-hetero) is 1. The highest BCUT2D eigenvalue weighted by Gasteiger charge is 2.15. The third-order valence-electron chi connectivity index (χ3n) is 5.31. The number of halogens is 2. The number of esters is 1. The second kappa shape index (κ2) is 20.6. The Labute approximate surface area is 241 Å². The number of methoxy groups -OCH3 is 1. The van der Waals surface area contributed by atoms with Gasteiger partial charge in [0.1, 0.15) is 11.6 Å². The van der Waals surface area contributed by atoms with Crippen LogP contribution in [0, 0.1) is 11.6 Å². The fraction of sp³-hybridized carbons (Fsp3) is 0.312. The van der Waals surface area contributed by atoms with Crippen molar-refractivity contribution in [3.63, 3.8) is 0 Å². The molecule has 0 heterocycles. The molecule has 3 aromatic rings. The third-order valence-corrected chi connectivity index (χ3v) is 5.31. The van der Waals surface area contributed by atoms with Gasteiger partial charge in [0, 0.05) is 36.4 Å². The number of ether oxygens (including phenoxy) is 1. The first kappa shape index (κ1) is 36.8. The minimum atomic E-state index is -0.943. The molecule has 1 amide bonds. The summed E-state index contributed by atoms with van der Waals surface area (Å²) in [5.74, 6) is -3.00. The zero-order valence-electron chi connectivity index (χ0n) is 24.7. The lowest BCUT2D eigenvalue weighted by Crippen LogP contribution is -2.25. The molecule has 0 atom stereocenters. The van der Waals surface area contributed by atoms with Gasteiger partial charge < -0.3 is 15.4 Å². The van der Waals surface area contributed by atoms with Gasteiger partial charge in [-0.05, 0) is 42.3 Å². The van der Waals surface area contributed by atoms with Crippen molar-refractivity contribution in [1.29, 1.82) is 0 Å². The summed E-state index contributed by atoms with van der Waals surface area (Å²) < 4.78 is 30.6. The van der Waals surface area contributed by atoms with Crippen LogP contribution in [0.15, 0.2) is 66.7 Å². The van der Waals surface area contributed by atoms with E-state index in [0.29, 0.717) is 18.5 Å². The highest BCUT2D eigenvalue weighted by molar-refractivity contribution is 6.23. The number of aldehydes is 1. The third kappa shape index (κ3) is 13.6. The Morgan fingerprint density at radius 1 is 1.00 bits per heavy atom. The van der Waals surface area contributed by atoms with Crippen LogP contribution in [-0.2, 0) is 25.7 Å². The normalized spacial score (nSPS) is 9.90. The summed E-state index contributed by atoms with van der Waals surface area (Å²) in [5.41, 5.74) is 1.14. The average Bonchev–Trinajstić information content (AvgIpc) is 2.97. The van der Waals surface area contributed by atoms with Crippen LogP contribution < -0.4 is 10.6 Å². The highest BCUT2D eigenvalue weighted by Crippen LogP contribution is 2.24. The molecule has 41 heavy (non-hydrogen) atoms. The van der Waals surface area contributed by atoms with Crippen LogP contribution >= 0.6 is 0 Å². The lowest BCUT2D eigenvalue weighted by Gasteiger charge is -2.08. The first-order chi connectivity index (χ1) is 19.5. The molecule has 0 aliphatic carbocycles. The zero-order chi connectivity index (χ0) is 31.4. The highest BCUT2D eigenvalue weighted by atomic mass is 19.1. The van der Waals surface area contributed by atoms with E-state index in [9.17, 15) is 28.0 Å². The van der Waals surface area contributed by atoms with Crippen LogP contribution in [0.1, 0.15) is 62.0 Å². The second-order valence-electron chi connectivity index (χ2n) is 8.51. The summed E-state index contributed by atoms with van der Waals surface area (Å²) in [6.45, 7) is 9.97. The molecule has 0 fully saturated rings. The number of amides is 1. The van der Waals surface area contributed by atoms with Crippen LogP contribution in [0.5, 0.6) is 0 Å². The molecular weight excluding hydrogens is 530 g/mol. The van der Waals surface area contributed by atoms with Gasteiger partial charge in [-0.25, -0.2) is 13.6 Å². The average molecular weight is 571 g/mol. The number of ketones is 1. The van der Waals surface area contributed by atoms with Crippen LogP contribution in [0.25, 0.3) is 10.8 Å². The van der Waals surface area contributed by atoms with Gasteiger partial charge >= 0.3 is 5.97 Å². The SMILES string of the molecule is CC.CC(=O)c1cc(F)cc(F)c1CNC(=O)C=O.CC(C)c1cccc2ccccc12.CNC/C=C/C(=O)OC. The standard InChI is InChI=1S/C13H14.C11H9F2NO3.C6H11NO2.C2H6/c1-10(2)12-9-5-7-11-6-3-4-8-13(11)12;1-6(16)8-2-7(12)3-10(13)9(8)4-14-11(17)5-15;1-7-5-3-4-6(8)9-2;1-2/h3-10H,1-2H3;2-3,5H,4H2,1H3,(H,14,17);3-4,7H,5H2,1-2H3;1-2H3/b;;4-3+;. The molecule has 0 saturated heterocycles. The Bertz CT molecular complexity index is 1300. The second-order valence-corrected chi connectivity index (χ2v) is 8.51. The number of hydrogen-bond acceptors (Lipinski definition) is 6. The quantitative estimate of drug-likeness (QED) is 0.115. The Hall–Kier alpha value is -4.24. The number of rotatable bonds is 8. The van der Waals surface area contributed by atoms with Crippen molar-refractivity contribution in [3.05, 3.63) is 95.1 Å². The van der Waals surface area contributed by atoms with E-state index in [1.165, 1.54) is 29.5 Å². The molecule has 0 bridgehead atoms. The van der Waals surface area contributed by atoms with E-state index in [2.05, 4.69) is 71.7 Å². The topological polar surface area (TPSA) is 102 Å². The van der Waals surface area contributed by atoms with Gasteiger partial charge in [-0.2, -0.15) is 0 Å². The smallest absolute Gasteiger partial charge is 0.330 e. The minimum Gasteiger partial charge on any atom is -0.466 e. The van der Waals surface area contributed by atoms with E-state index in [-0.39, 0.29) is 29.9 Å². The summed E-state index contributed by atoms with van der Waals surface area (Å²) in [7, 11) is 3.16. The Morgan fingerprint density at radius 3 is 2.20 bits per heavy atom. The fourth-order valence-electron chi connectivity index (χ4n) is 3.41. The van der Waals surface area contributed by atoms with Crippen molar-refractivity contribution < 1.29 is 32.7 Å².